The Bertz CT molecular complexity index is 603. The number of nitriles is 1. The van der Waals surface area contributed by atoms with Gasteiger partial charge in [-0.1, -0.05) is 12.8 Å². The Balaban J connectivity index is 2.18. The molecule has 0 unspecified atom stereocenters. The maximum atomic E-state index is 13.4. The van der Waals surface area contributed by atoms with E-state index in [9.17, 15) is 19.3 Å². The van der Waals surface area contributed by atoms with Crippen molar-refractivity contribution in [2.24, 2.45) is 5.41 Å². The van der Waals surface area contributed by atoms with Gasteiger partial charge >= 0.3 is 5.69 Å². The van der Waals surface area contributed by atoms with Crippen LogP contribution in [0.5, 0.6) is 0 Å². The summed E-state index contributed by atoms with van der Waals surface area (Å²) in [5, 5.41) is 22.1. The van der Waals surface area contributed by atoms with Crippen LogP contribution in [0.25, 0.3) is 0 Å². The zero-order valence-electron chi connectivity index (χ0n) is 10.6. The van der Waals surface area contributed by atoms with Gasteiger partial charge in [0.15, 0.2) is 0 Å². The first-order chi connectivity index (χ1) is 9.48. The fourth-order valence-electron chi connectivity index (χ4n) is 2.35. The molecule has 1 aliphatic carbocycles. The lowest BCUT2D eigenvalue weighted by atomic mass is 9.87. The van der Waals surface area contributed by atoms with Gasteiger partial charge in [0.25, 0.3) is 0 Å². The lowest BCUT2D eigenvalue weighted by molar-refractivity contribution is -0.387. The van der Waals surface area contributed by atoms with Crippen molar-refractivity contribution >= 4 is 17.3 Å². The number of nitro groups is 1. The Morgan fingerprint density at radius 1 is 1.45 bits per heavy atom. The van der Waals surface area contributed by atoms with Crippen LogP contribution in [0, 0.1) is 32.7 Å². The minimum atomic E-state index is -1.07. The number of halogens is 1. The Labute approximate surface area is 114 Å². The molecule has 1 aromatic carbocycles. The zero-order chi connectivity index (χ0) is 14.8. The van der Waals surface area contributed by atoms with Crippen LogP contribution in [-0.4, -0.2) is 10.8 Å². The fourth-order valence-corrected chi connectivity index (χ4v) is 2.35. The summed E-state index contributed by atoms with van der Waals surface area (Å²) in [6.07, 6.45) is 2.56. The highest BCUT2D eigenvalue weighted by Crippen LogP contribution is 2.38. The van der Waals surface area contributed by atoms with Crippen LogP contribution in [0.3, 0.4) is 0 Å². The van der Waals surface area contributed by atoms with Gasteiger partial charge in [0.1, 0.15) is 5.41 Å². The van der Waals surface area contributed by atoms with Crippen molar-refractivity contribution in [3.05, 3.63) is 34.1 Å². The number of hydrogen-bond donors (Lipinski definition) is 1. The van der Waals surface area contributed by atoms with Gasteiger partial charge < -0.3 is 5.32 Å². The lowest BCUT2D eigenvalue weighted by Crippen LogP contribution is -2.32. The normalized spacial score (nSPS) is 16.4. The van der Waals surface area contributed by atoms with Crippen molar-refractivity contribution in [2.45, 2.75) is 25.7 Å². The van der Waals surface area contributed by atoms with E-state index >= 15 is 0 Å². The zero-order valence-corrected chi connectivity index (χ0v) is 10.6. The molecule has 1 N–H and O–H groups in total. The summed E-state index contributed by atoms with van der Waals surface area (Å²) in [5.41, 5.74) is -1.61. The predicted molar refractivity (Wildman–Crippen MR) is 68.2 cm³/mol. The number of nitrogens with zero attached hydrogens (tertiary/aromatic N) is 2. The molecule has 1 aliphatic rings. The molecule has 6 nitrogen and oxygen atoms in total. The summed E-state index contributed by atoms with van der Waals surface area (Å²) >= 11 is 0. The van der Waals surface area contributed by atoms with Crippen LogP contribution in [0.4, 0.5) is 15.8 Å². The van der Waals surface area contributed by atoms with E-state index in [0.717, 1.165) is 25.0 Å². The second-order valence-corrected chi connectivity index (χ2v) is 4.78. The molecule has 0 aromatic heterocycles. The number of benzene rings is 1. The van der Waals surface area contributed by atoms with Crippen molar-refractivity contribution in [1.82, 2.24) is 0 Å². The molecule has 0 heterocycles. The molecule has 0 spiro atoms. The molecule has 7 heteroatoms. The standard InChI is InChI=1S/C13H12FN3O3/c14-10-7-9(3-4-11(10)17(19)20)16-12(18)13(8-15)5-1-2-6-13/h3-4,7H,1-2,5-6H2,(H,16,18). The number of hydrogen-bond acceptors (Lipinski definition) is 4. The minimum Gasteiger partial charge on any atom is -0.325 e. The van der Waals surface area contributed by atoms with Crippen molar-refractivity contribution in [3.8, 4) is 6.07 Å². The number of rotatable bonds is 3. The molecule has 20 heavy (non-hydrogen) atoms. The quantitative estimate of drug-likeness (QED) is 0.678. The van der Waals surface area contributed by atoms with Gasteiger partial charge in [-0.3, -0.25) is 14.9 Å². The summed E-state index contributed by atoms with van der Waals surface area (Å²) in [6.45, 7) is 0. The molecule has 0 saturated heterocycles. The maximum absolute atomic E-state index is 13.4. The van der Waals surface area contributed by atoms with Crippen LogP contribution >= 0.6 is 0 Å². The molecule has 1 aromatic rings. The van der Waals surface area contributed by atoms with E-state index in [0.29, 0.717) is 12.8 Å². The number of carbonyl (C=O) groups excluding carboxylic acids is 1. The van der Waals surface area contributed by atoms with Crippen LogP contribution in [0.2, 0.25) is 0 Å². The molecule has 1 saturated carbocycles. The molecular formula is C13H12FN3O3. The van der Waals surface area contributed by atoms with Crippen LogP contribution in [-0.2, 0) is 4.79 Å². The van der Waals surface area contributed by atoms with Gasteiger partial charge in [-0.15, -0.1) is 0 Å². The second kappa shape index (κ2) is 5.25. The van der Waals surface area contributed by atoms with E-state index < -0.39 is 27.8 Å². The predicted octanol–water partition coefficient (Wildman–Crippen LogP) is 2.76. The molecule has 1 amide bonds. The number of amides is 1. The van der Waals surface area contributed by atoms with E-state index in [-0.39, 0.29) is 5.69 Å². The fraction of sp³-hybridized carbons (Fsp3) is 0.385. The number of nitro benzene ring substituents is 1. The largest absolute Gasteiger partial charge is 0.325 e. The summed E-state index contributed by atoms with van der Waals surface area (Å²) in [4.78, 5) is 21.8. The Morgan fingerprint density at radius 3 is 2.60 bits per heavy atom. The molecule has 104 valence electrons. The first-order valence-electron chi connectivity index (χ1n) is 6.15. The Kier molecular flexibility index (Phi) is 3.66. The second-order valence-electron chi connectivity index (χ2n) is 4.78. The SMILES string of the molecule is N#CC1(C(=O)Nc2ccc([N+](=O)[O-])c(F)c2)CCCC1. The van der Waals surface area contributed by atoms with Crippen molar-refractivity contribution in [3.63, 3.8) is 0 Å². The topological polar surface area (TPSA) is 96.0 Å². The Morgan fingerprint density at radius 2 is 2.10 bits per heavy atom. The van der Waals surface area contributed by atoms with E-state index in [2.05, 4.69) is 5.32 Å². The van der Waals surface area contributed by atoms with Gasteiger partial charge in [0, 0.05) is 17.8 Å². The summed E-state index contributed by atoms with van der Waals surface area (Å²) in [7, 11) is 0. The van der Waals surface area contributed by atoms with E-state index in [1.165, 1.54) is 6.07 Å². The highest BCUT2D eigenvalue weighted by molar-refractivity contribution is 5.97. The number of anilines is 1. The van der Waals surface area contributed by atoms with Crippen molar-refractivity contribution in [2.75, 3.05) is 5.32 Å². The van der Waals surface area contributed by atoms with Gasteiger partial charge in [0.2, 0.25) is 11.7 Å². The van der Waals surface area contributed by atoms with E-state index in [1.54, 1.807) is 0 Å². The highest BCUT2D eigenvalue weighted by Gasteiger charge is 2.41. The third-order valence-corrected chi connectivity index (χ3v) is 3.51. The summed E-state index contributed by atoms with van der Waals surface area (Å²) in [5.74, 6) is -1.50. The van der Waals surface area contributed by atoms with Gasteiger partial charge in [-0.2, -0.15) is 9.65 Å². The molecular weight excluding hydrogens is 265 g/mol. The highest BCUT2D eigenvalue weighted by atomic mass is 19.1. The van der Waals surface area contributed by atoms with Crippen LogP contribution < -0.4 is 5.32 Å². The van der Waals surface area contributed by atoms with Gasteiger partial charge in [-0.25, -0.2) is 0 Å². The minimum absolute atomic E-state index is 0.111. The molecule has 0 aliphatic heterocycles. The van der Waals surface area contributed by atoms with E-state index in [1.807, 2.05) is 6.07 Å². The molecule has 1 fully saturated rings. The Hall–Kier alpha value is -2.49. The number of nitrogens with one attached hydrogen (secondary N) is 1. The van der Waals surface area contributed by atoms with E-state index in [4.69, 9.17) is 5.26 Å². The maximum Gasteiger partial charge on any atom is 0.304 e. The summed E-state index contributed by atoms with van der Waals surface area (Å²) < 4.78 is 13.4. The van der Waals surface area contributed by atoms with Crippen molar-refractivity contribution in [1.29, 1.82) is 5.26 Å². The number of carbonyl (C=O) groups is 1. The molecule has 0 radical (unpaired) electrons. The smallest absolute Gasteiger partial charge is 0.304 e. The van der Waals surface area contributed by atoms with Crippen LogP contribution in [0.15, 0.2) is 18.2 Å². The lowest BCUT2D eigenvalue weighted by Gasteiger charge is -2.19. The first-order valence-corrected chi connectivity index (χ1v) is 6.15. The third-order valence-electron chi connectivity index (χ3n) is 3.51. The molecule has 0 bridgehead atoms. The molecule has 2 rings (SSSR count). The third kappa shape index (κ3) is 2.45. The van der Waals surface area contributed by atoms with Gasteiger partial charge in [0.05, 0.1) is 11.0 Å². The monoisotopic (exact) mass is 277 g/mol. The average Bonchev–Trinajstić information content (AvgIpc) is 2.88. The van der Waals surface area contributed by atoms with Gasteiger partial charge in [-0.05, 0) is 18.9 Å². The molecule has 0 atom stereocenters. The van der Waals surface area contributed by atoms with Crippen molar-refractivity contribution < 1.29 is 14.1 Å². The van der Waals surface area contributed by atoms with Crippen LogP contribution in [0.1, 0.15) is 25.7 Å². The summed E-state index contributed by atoms with van der Waals surface area (Å²) in [6, 6.07) is 5.15. The average molecular weight is 277 g/mol. The first kappa shape index (κ1) is 13.9.